The second kappa shape index (κ2) is 7.73. The van der Waals surface area contributed by atoms with E-state index in [-0.39, 0.29) is 0 Å². The Bertz CT molecular complexity index is 562. The fourth-order valence-corrected chi connectivity index (χ4v) is 3.15. The van der Waals surface area contributed by atoms with E-state index in [1.807, 2.05) is 12.4 Å². The minimum atomic E-state index is 0.812. The molecule has 0 bridgehead atoms. The van der Waals surface area contributed by atoms with Gasteiger partial charge in [0.05, 0.1) is 17.7 Å². The number of thiazole rings is 1. The Morgan fingerprint density at radius 1 is 1.33 bits per heavy atom. The molecule has 0 unspecified atom stereocenters. The van der Waals surface area contributed by atoms with Gasteiger partial charge < -0.3 is 9.73 Å². The van der Waals surface area contributed by atoms with E-state index in [0.29, 0.717) is 0 Å². The summed E-state index contributed by atoms with van der Waals surface area (Å²) < 4.78 is 5.82. The lowest BCUT2D eigenvalue weighted by Crippen LogP contribution is -2.17. The lowest BCUT2D eigenvalue weighted by molar-refractivity contribution is 0.318. The van der Waals surface area contributed by atoms with Crippen molar-refractivity contribution >= 4 is 11.3 Å². The van der Waals surface area contributed by atoms with Gasteiger partial charge in [-0.25, -0.2) is 4.98 Å². The first-order valence-electron chi connectivity index (χ1n) is 7.46. The van der Waals surface area contributed by atoms with Crippen LogP contribution >= 0.6 is 11.3 Å². The Morgan fingerprint density at radius 3 is 2.81 bits per heavy atom. The van der Waals surface area contributed by atoms with Crippen molar-refractivity contribution in [2.24, 2.45) is 0 Å². The van der Waals surface area contributed by atoms with Gasteiger partial charge in [-0.2, -0.15) is 0 Å². The summed E-state index contributed by atoms with van der Waals surface area (Å²) in [6.45, 7) is 9.96. The van der Waals surface area contributed by atoms with Crippen LogP contribution in [0, 0.1) is 13.8 Å². The molecule has 2 heterocycles. The zero-order chi connectivity index (χ0) is 15.2. The second-order valence-corrected chi connectivity index (χ2v) is 6.44. The van der Waals surface area contributed by atoms with Crippen molar-refractivity contribution in [1.29, 1.82) is 0 Å². The monoisotopic (exact) mass is 307 g/mol. The van der Waals surface area contributed by atoms with Crippen LogP contribution in [-0.4, -0.2) is 23.5 Å². The fourth-order valence-electron chi connectivity index (χ4n) is 2.29. The molecule has 0 aliphatic rings. The van der Waals surface area contributed by atoms with Gasteiger partial charge in [-0.05, 0) is 39.9 Å². The molecule has 2 aromatic rings. The Kier molecular flexibility index (Phi) is 5.96. The molecule has 0 aliphatic carbocycles. The van der Waals surface area contributed by atoms with Gasteiger partial charge in [-0.15, -0.1) is 11.3 Å². The molecule has 0 saturated carbocycles. The topological polar surface area (TPSA) is 41.3 Å². The second-order valence-electron chi connectivity index (χ2n) is 5.50. The van der Waals surface area contributed by atoms with Crippen LogP contribution in [0.4, 0.5) is 0 Å². The Balaban J connectivity index is 1.91. The molecule has 0 radical (unpaired) electrons. The molecule has 0 atom stereocenters. The van der Waals surface area contributed by atoms with Crippen molar-refractivity contribution in [1.82, 2.24) is 15.2 Å². The maximum atomic E-state index is 5.82. The van der Waals surface area contributed by atoms with Crippen LogP contribution in [0.2, 0.25) is 0 Å². The van der Waals surface area contributed by atoms with E-state index in [4.69, 9.17) is 4.42 Å². The number of aryl methyl sites for hydroxylation is 2. The highest BCUT2D eigenvalue weighted by Gasteiger charge is 2.11. The molecule has 4 nitrogen and oxygen atoms in total. The zero-order valence-corrected chi connectivity index (χ0v) is 14.2. The van der Waals surface area contributed by atoms with Crippen molar-refractivity contribution in [3.63, 3.8) is 0 Å². The third-order valence-corrected chi connectivity index (χ3v) is 4.42. The van der Waals surface area contributed by atoms with Gasteiger partial charge in [0.2, 0.25) is 0 Å². The van der Waals surface area contributed by atoms with E-state index in [2.05, 4.69) is 42.2 Å². The Labute approximate surface area is 131 Å². The van der Waals surface area contributed by atoms with Crippen LogP contribution in [0.1, 0.15) is 41.0 Å². The molecule has 0 aromatic carbocycles. The summed E-state index contributed by atoms with van der Waals surface area (Å²) in [5.74, 6) is 2.05. The average molecular weight is 307 g/mol. The Hall–Kier alpha value is -1.17. The summed E-state index contributed by atoms with van der Waals surface area (Å²) in [5, 5.41) is 3.38. The lowest BCUT2D eigenvalue weighted by atomic mass is 10.2. The van der Waals surface area contributed by atoms with Gasteiger partial charge in [-0.1, -0.05) is 6.92 Å². The Morgan fingerprint density at radius 2 is 2.14 bits per heavy atom. The maximum Gasteiger partial charge on any atom is 0.118 e. The predicted molar refractivity (Wildman–Crippen MR) is 87.5 cm³/mol. The summed E-state index contributed by atoms with van der Waals surface area (Å²) in [6, 6.07) is 2.17. The molecule has 0 fully saturated rings. The van der Waals surface area contributed by atoms with Gasteiger partial charge in [0, 0.05) is 23.5 Å². The predicted octanol–water partition coefficient (Wildman–Crippen LogP) is 3.48. The third kappa shape index (κ3) is 4.66. The number of rotatable bonds is 8. The molecular formula is C16H25N3OS. The number of hydrogen-bond acceptors (Lipinski definition) is 5. The molecular weight excluding hydrogens is 282 g/mol. The van der Waals surface area contributed by atoms with Gasteiger partial charge >= 0.3 is 0 Å². The van der Waals surface area contributed by atoms with Crippen molar-refractivity contribution in [2.75, 3.05) is 13.6 Å². The van der Waals surface area contributed by atoms with Crippen LogP contribution in [0.25, 0.3) is 0 Å². The van der Waals surface area contributed by atoms with Crippen molar-refractivity contribution in [3.05, 3.63) is 39.2 Å². The molecule has 21 heavy (non-hydrogen) atoms. The summed E-state index contributed by atoms with van der Waals surface area (Å²) in [7, 11) is 2.14. The molecule has 0 amide bonds. The SMILES string of the molecule is CCCNCc1cc(CN(C)Cc2scnc2C)c(C)o1. The molecule has 5 heteroatoms. The van der Waals surface area contributed by atoms with Gasteiger partial charge in [-0.3, -0.25) is 4.90 Å². The zero-order valence-electron chi connectivity index (χ0n) is 13.4. The minimum absolute atomic E-state index is 0.812. The summed E-state index contributed by atoms with van der Waals surface area (Å²) in [4.78, 5) is 7.95. The highest BCUT2D eigenvalue weighted by Crippen LogP contribution is 2.19. The van der Waals surface area contributed by atoms with Crippen molar-refractivity contribution in [3.8, 4) is 0 Å². The summed E-state index contributed by atoms with van der Waals surface area (Å²) >= 11 is 1.73. The van der Waals surface area contributed by atoms with Crippen molar-refractivity contribution in [2.45, 2.75) is 46.8 Å². The van der Waals surface area contributed by atoms with E-state index >= 15 is 0 Å². The fraction of sp³-hybridized carbons (Fsp3) is 0.562. The van der Waals surface area contributed by atoms with E-state index in [1.165, 1.54) is 10.4 Å². The molecule has 0 spiro atoms. The summed E-state index contributed by atoms with van der Waals surface area (Å²) in [5.41, 5.74) is 4.33. The van der Waals surface area contributed by atoms with Gasteiger partial charge in [0.25, 0.3) is 0 Å². The molecule has 2 rings (SSSR count). The van der Waals surface area contributed by atoms with E-state index in [1.54, 1.807) is 11.3 Å². The normalized spacial score (nSPS) is 11.5. The highest BCUT2D eigenvalue weighted by molar-refractivity contribution is 7.09. The third-order valence-electron chi connectivity index (χ3n) is 3.50. The minimum Gasteiger partial charge on any atom is -0.465 e. The van der Waals surface area contributed by atoms with Crippen LogP contribution in [0.3, 0.4) is 0 Å². The lowest BCUT2D eigenvalue weighted by Gasteiger charge is -2.15. The smallest absolute Gasteiger partial charge is 0.118 e. The first-order valence-corrected chi connectivity index (χ1v) is 8.34. The number of nitrogens with one attached hydrogen (secondary N) is 1. The molecule has 2 aromatic heterocycles. The standard InChI is InChI=1S/C16H25N3OS/c1-5-6-17-8-15-7-14(13(3)20-15)9-19(4)10-16-12(2)18-11-21-16/h7,11,17H,5-6,8-10H2,1-4H3. The van der Waals surface area contributed by atoms with Gasteiger partial charge in [0.15, 0.2) is 0 Å². The molecule has 116 valence electrons. The average Bonchev–Trinajstić information content (AvgIpc) is 2.98. The van der Waals surface area contributed by atoms with Crippen LogP contribution in [0.5, 0.6) is 0 Å². The van der Waals surface area contributed by atoms with Crippen molar-refractivity contribution < 1.29 is 4.42 Å². The number of hydrogen-bond donors (Lipinski definition) is 1. The molecule has 0 saturated heterocycles. The quantitative estimate of drug-likeness (QED) is 0.758. The van der Waals surface area contributed by atoms with Crippen LogP contribution in [-0.2, 0) is 19.6 Å². The number of furan rings is 1. The van der Waals surface area contributed by atoms with Crippen LogP contribution < -0.4 is 5.32 Å². The molecule has 1 N–H and O–H groups in total. The molecule has 0 aliphatic heterocycles. The highest BCUT2D eigenvalue weighted by atomic mass is 32.1. The first-order chi connectivity index (χ1) is 10.1. The van der Waals surface area contributed by atoms with E-state index in [0.717, 1.165) is 49.8 Å². The van der Waals surface area contributed by atoms with E-state index in [9.17, 15) is 0 Å². The largest absolute Gasteiger partial charge is 0.465 e. The number of aromatic nitrogens is 1. The first kappa shape index (κ1) is 16.2. The van der Waals surface area contributed by atoms with Gasteiger partial charge in [0.1, 0.15) is 11.5 Å². The van der Waals surface area contributed by atoms with E-state index < -0.39 is 0 Å². The summed E-state index contributed by atoms with van der Waals surface area (Å²) in [6.07, 6.45) is 1.14. The maximum absolute atomic E-state index is 5.82. The number of nitrogens with zero attached hydrogens (tertiary/aromatic N) is 2. The van der Waals surface area contributed by atoms with Crippen LogP contribution in [0.15, 0.2) is 16.0 Å².